The van der Waals surface area contributed by atoms with Gasteiger partial charge in [-0.1, -0.05) is 6.07 Å². The van der Waals surface area contributed by atoms with Crippen molar-refractivity contribution in [2.75, 3.05) is 29.7 Å². The topological polar surface area (TPSA) is 70.4 Å². The molecule has 0 heterocycles. The van der Waals surface area contributed by atoms with Crippen LogP contribution in [0.15, 0.2) is 42.5 Å². The molecule has 0 unspecified atom stereocenters. The van der Waals surface area contributed by atoms with E-state index in [1.165, 1.54) is 0 Å². The van der Waals surface area contributed by atoms with Crippen LogP contribution in [0.4, 0.5) is 17.1 Å². The monoisotopic (exact) mass is 284 g/mol. The second kappa shape index (κ2) is 6.28. The Balaban J connectivity index is 2.18. The molecule has 110 valence electrons. The summed E-state index contributed by atoms with van der Waals surface area (Å²) in [6.45, 7) is 1.95. The second-order valence-corrected chi connectivity index (χ2v) is 5.09. The number of aryl methyl sites for hydroxylation is 1. The van der Waals surface area contributed by atoms with Crippen molar-refractivity contribution in [1.82, 2.24) is 0 Å². The molecule has 2 aromatic rings. The molecule has 4 N–H and O–H groups in total. The number of hydrazine groups is 1. The van der Waals surface area contributed by atoms with Crippen molar-refractivity contribution in [1.29, 1.82) is 0 Å². The fraction of sp³-hybridized carbons (Fsp3) is 0.188. The van der Waals surface area contributed by atoms with E-state index in [4.69, 9.17) is 5.84 Å². The molecule has 0 aromatic heterocycles. The molecule has 0 aliphatic carbocycles. The molecule has 0 bridgehead atoms. The van der Waals surface area contributed by atoms with Crippen molar-refractivity contribution in [2.45, 2.75) is 6.92 Å². The predicted octanol–water partition coefficient (Wildman–Crippen LogP) is 2.60. The molecule has 1 amide bonds. The van der Waals surface area contributed by atoms with E-state index in [1.807, 2.05) is 62.3 Å². The van der Waals surface area contributed by atoms with Crippen LogP contribution in [0.25, 0.3) is 0 Å². The third-order valence-corrected chi connectivity index (χ3v) is 3.22. The van der Waals surface area contributed by atoms with Gasteiger partial charge in [0.15, 0.2) is 0 Å². The van der Waals surface area contributed by atoms with Gasteiger partial charge in [-0.2, -0.15) is 0 Å². The van der Waals surface area contributed by atoms with Crippen LogP contribution in [0.3, 0.4) is 0 Å². The summed E-state index contributed by atoms with van der Waals surface area (Å²) in [5, 5.41) is 2.87. The number of carbonyl (C=O) groups is 1. The van der Waals surface area contributed by atoms with Gasteiger partial charge in [0.1, 0.15) is 0 Å². The van der Waals surface area contributed by atoms with Gasteiger partial charge in [0.2, 0.25) is 0 Å². The molecule has 0 fully saturated rings. The lowest BCUT2D eigenvalue weighted by Gasteiger charge is -2.14. The van der Waals surface area contributed by atoms with E-state index in [0.29, 0.717) is 11.3 Å². The van der Waals surface area contributed by atoms with Crippen molar-refractivity contribution < 1.29 is 4.79 Å². The summed E-state index contributed by atoms with van der Waals surface area (Å²) in [5.41, 5.74) is 6.54. The minimum Gasteiger partial charge on any atom is -0.378 e. The highest BCUT2D eigenvalue weighted by atomic mass is 16.1. The number of hydrogen-bond acceptors (Lipinski definition) is 4. The number of amides is 1. The van der Waals surface area contributed by atoms with Crippen molar-refractivity contribution in [3.05, 3.63) is 53.6 Å². The van der Waals surface area contributed by atoms with E-state index in [1.54, 1.807) is 6.07 Å². The zero-order valence-electron chi connectivity index (χ0n) is 12.5. The summed E-state index contributed by atoms with van der Waals surface area (Å²) < 4.78 is 0. The van der Waals surface area contributed by atoms with Crippen molar-refractivity contribution in [2.24, 2.45) is 5.84 Å². The maximum Gasteiger partial charge on any atom is 0.257 e. The molecule has 0 atom stereocenters. The molecule has 5 nitrogen and oxygen atoms in total. The van der Waals surface area contributed by atoms with Crippen LogP contribution in [-0.4, -0.2) is 20.0 Å². The number of nitrogens with zero attached hydrogens (tertiary/aromatic N) is 1. The number of carbonyl (C=O) groups excluding carboxylic acids is 1. The van der Waals surface area contributed by atoms with Crippen LogP contribution >= 0.6 is 0 Å². The Labute approximate surface area is 124 Å². The van der Waals surface area contributed by atoms with Gasteiger partial charge in [0.25, 0.3) is 5.91 Å². The highest BCUT2D eigenvalue weighted by Gasteiger charge is 2.11. The van der Waals surface area contributed by atoms with E-state index < -0.39 is 0 Å². The Morgan fingerprint density at radius 2 is 1.76 bits per heavy atom. The van der Waals surface area contributed by atoms with Gasteiger partial charge < -0.3 is 15.6 Å². The molecule has 21 heavy (non-hydrogen) atoms. The number of nitrogens with two attached hydrogens (primary N) is 1. The molecular formula is C16H20N4O. The van der Waals surface area contributed by atoms with Crippen molar-refractivity contribution in [3.8, 4) is 0 Å². The van der Waals surface area contributed by atoms with Crippen LogP contribution in [0.5, 0.6) is 0 Å². The second-order valence-electron chi connectivity index (χ2n) is 5.09. The smallest absolute Gasteiger partial charge is 0.257 e. The van der Waals surface area contributed by atoms with Gasteiger partial charge in [-0.3, -0.25) is 10.6 Å². The first-order chi connectivity index (χ1) is 10.0. The Hall–Kier alpha value is -2.53. The maximum absolute atomic E-state index is 12.3. The fourth-order valence-corrected chi connectivity index (χ4v) is 2.02. The summed E-state index contributed by atoms with van der Waals surface area (Å²) >= 11 is 0. The molecule has 0 aliphatic rings. The standard InChI is InChI=1S/C16H20N4O/c1-11-4-9-14(15(10-11)19-17)16(21)18-12-5-7-13(8-6-12)20(2)3/h4-10,19H,17H2,1-3H3,(H,18,21). The summed E-state index contributed by atoms with van der Waals surface area (Å²) in [6, 6.07) is 13.1. The predicted molar refractivity (Wildman–Crippen MR) is 87.7 cm³/mol. The van der Waals surface area contributed by atoms with Gasteiger partial charge in [0, 0.05) is 25.5 Å². The Morgan fingerprint density at radius 3 is 2.33 bits per heavy atom. The highest BCUT2D eigenvalue weighted by Crippen LogP contribution is 2.20. The van der Waals surface area contributed by atoms with E-state index in [0.717, 1.165) is 16.9 Å². The van der Waals surface area contributed by atoms with Gasteiger partial charge in [-0.25, -0.2) is 0 Å². The first-order valence-corrected chi connectivity index (χ1v) is 6.67. The number of rotatable bonds is 4. The zero-order valence-corrected chi connectivity index (χ0v) is 12.5. The lowest BCUT2D eigenvalue weighted by atomic mass is 10.1. The van der Waals surface area contributed by atoms with E-state index in [-0.39, 0.29) is 5.91 Å². The fourth-order valence-electron chi connectivity index (χ4n) is 2.02. The van der Waals surface area contributed by atoms with Crippen LogP contribution in [-0.2, 0) is 0 Å². The SMILES string of the molecule is Cc1ccc(C(=O)Nc2ccc(N(C)C)cc2)c(NN)c1. The van der Waals surface area contributed by atoms with Gasteiger partial charge in [0.05, 0.1) is 11.3 Å². The number of nitrogens with one attached hydrogen (secondary N) is 2. The number of anilines is 3. The summed E-state index contributed by atoms with van der Waals surface area (Å²) in [5.74, 6) is 5.27. The number of benzene rings is 2. The summed E-state index contributed by atoms with van der Waals surface area (Å²) in [6.07, 6.45) is 0. The average molecular weight is 284 g/mol. The third-order valence-electron chi connectivity index (χ3n) is 3.22. The molecule has 0 saturated heterocycles. The maximum atomic E-state index is 12.3. The molecule has 5 heteroatoms. The highest BCUT2D eigenvalue weighted by molar-refractivity contribution is 6.08. The largest absolute Gasteiger partial charge is 0.378 e. The molecule has 0 saturated carbocycles. The average Bonchev–Trinajstić information content (AvgIpc) is 2.47. The minimum atomic E-state index is -0.194. The Kier molecular flexibility index (Phi) is 4.45. The van der Waals surface area contributed by atoms with Crippen LogP contribution in [0, 0.1) is 6.92 Å². The quantitative estimate of drug-likeness (QED) is 0.596. The molecule has 0 radical (unpaired) electrons. The molecule has 0 aliphatic heterocycles. The third kappa shape index (κ3) is 3.52. The zero-order chi connectivity index (χ0) is 15.4. The van der Waals surface area contributed by atoms with Gasteiger partial charge in [-0.05, 0) is 48.9 Å². The van der Waals surface area contributed by atoms with Crippen molar-refractivity contribution in [3.63, 3.8) is 0 Å². The van der Waals surface area contributed by atoms with Crippen LogP contribution in [0.2, 0.25) is 0 Å². The lowest BCUT2D eigenvalue weighted by molar-refractivity contribution is 0.102. The molecule has 2 aromatic carbocycles. The van der Waals surface area contributed by atoms with Gasteiger partial charge >= 0.3 is 0 Å². The molecule has 2 rings (SSSR count). The minimum absolute atomic E-state index is 0.194. The first-order valence-electron chi connectivity index (χ1n) is 6.67. The number of nitrogen functional groups attached to an aromatic ring is 1. The normalized spacial score (nSPS) is 10.1. The first kappa shape index (κ1) is 14.9. The Bertz CT molecular complexity index is 635. The number of hydrogen-bond donors (Lipinski definition) is 3. The van der Waals surface area contributed by atoms with Crippen LogP contribution < -0.4 is 21.5 Å². The molecule has 0 spiro atoms. The van der Waals surface area contributed by atoms with Crippen LogP contribution in [0.1, 0.15) is 15.9 Å². The van der Waals surface area contributed by atoms with E-state index in [9.17, 15) is 4.79 Å². The molecular weight excluding hydrogens is 264 g/mol. The Morgan fingerprint density at radius 1 is 1.10 bits per heavy atom. The van der Waals surface area contributed by atoms with E-state index in [2.05, 4.69) is 10.7 Å². The lowest BCUT2D eigenvalue weighted by Crippen LogP contribution is -2.17. The van der Waals surface area contributed by atoms with Gasteiger partial charge in [-0.15, -0.1) is 0 Å². The van der Waals surface area contributed by atoms with Crippen molar-refractivity contribution >= 4 is 23.0 Å². The van der Waals surface area contributed by atoms with E-state index >= 15 is 0 Å². The summed E-state index contributed by atoms with van der Waals surface area (Å²) in [4.78, 5) is 14.3. The summed E-state index contributed by atoms with van der Waals surface area (Å²) in [7, 11) is 3.94.